The Morgan fingerprint density at radius 2 is 0.640 bits per heavy atom. The number of ketones is 6. The summed E-state index contributed by atoms with van der Waals surface area (Å²) in [5.74, 6) is 1.95. The van der Waals surface area contributed by atoms with Crippen molar-refractivity contribution in [3.63, 3.8) is 0 Å². The molecule has 0 amide bonds. The van der Waals surface area contributed by atoms with Gasteiger partial charge in [0.05, 0.1) is 7.11 Å². The van der Waals surface area contributed by atoms with Crippen molar-refractivity contribution in [3.05, 3.63) is 201 Å². The molecule has 0 aromatic heterocycles. The molecular formula is C66H84FNO7. The number of benzene rings is 6. The molecule has 0 unspecified atom stereocenters. The van der Waals surface area contributed by atoms with Crippen molar-refractivity contribution in [2.45, 2.75) is 104 Å². The first-order valence-electron chi connectivity index (χ1n) is 25.7. The zero-order valence-electron chi connectivity index (χ0n) is 48.0. The van der Waals surface area contributed by atoms with Gasteiger partial charge in [0.1, 0.15) is 11.6 Å². The fourth-order valence-electron chi connectivity index (χ4n) is 6.52. The van der Waals surface area contributed by atoms with E-state index >= 15 is 0 Å². The monoisotopic (exact) mass is 1020 g/mol. The molecule has 0 aliphatic heterocycles. The minimum Gasteiger partial charge on any atom is -0.497 e. The number of Topliss-reactive ketones (excluding diaryl/α,β-unsaturated/α-hetero) is 6. The van der Waals surface area contributed by atoms with Gasteiger partial charge in [0, 0.05) is 88.7 Å². The van der Waals surface area contributed by atoms with Gasteiger partial charge < -0.3 is 9.64 Å². The van der Waals surface area contributed by atoms with Gasteiger partial charge in [-0.1, -0.05) is 173 Å². The number of halogens is 1. The Kier molecular flexibility index (Phi) is 29.6. The van der Waals surface area contributed by atoms with E-state index in [4.69, 9.17) is 4.74 Å². The van der Waals surface area contributed by atoms with E-state index < -0.39 is 0 Å². The number of rotatable bonds is 14. The Morgan fingerprint density at radius 3 is 0.920 bits per heavy atom. The zero-order chi connectivity index (χ0) is 57.1. The van der Waals surface area contributed by atoms with Gasteiger partial charge in [-0.05, 0) is 93.1 Å². The van der Waals surface area contributed by atoms with Gasteiger partial charge in [-0.3, -0.25) is 28.8 Å². The number of methoxy groups -OCH3 is 1. The predicted molar refractivity (Wildman–Crippen MR) is 309 cm³/mol. The van der Waals surface area contributed by atoms with E-state index in [1.165, 1.54) is 23.3 Å². The number of ether oxygens (including phenoxy) is 1. The maximum atomic E-state index is 12.9. The maximum absolute atomic E-state index is 12.9. The smallest absolute Gasteiger partial charge is 0.165 e. The third kappa shape index (κ3) is 24.2. The van der Waals surface area contributed by atoms with Gasteiger partial charge in [0.2, 0.25) is 0 Å². The van der Waals surface area contributed by atoms with Crippen molar-refractivity contribution in [1.29, 1.82) is 0 Å². The number of carbonyl (C=O) groups excluding carboxylic acids is 6. The van der Waals surface area contributed by atoms with Gasteiger partial charge in [-0.15, -0.1) is 0 Å². The lowest BCUT2D eigenvalue weighted by Crippen LogP contribution is -2.10. The van der Waals surface area contributed by atoms with Crippen LogP contribution in [0.1, 0.15) is 162 Å². The van der Waals surface area contributed by atoms with Gasteiger partial charge in [-0.25, -0.2) is 4.39 Å². The standard InChI is InChI=1S/C12H17NO.C11H13FO.C11H14O2.2C11H14O.C10H12O/c1-9(2)12(14)10-5-7-11(8-6-10)13(3)4;1-7(2)11(13)9-4-5-10(12)8(3)6-9;1-8(2)11(12)9-4-6-10(13-3)7-5-9;2*1-8(2)11(12)10-6-4-9(3)5-7-10;1-8(2)10(11)9-6-4-3-5-7-9/h5-9H,1-4H3;4-7H,1-3H3;4-8H,1-3H3;2*4-8H,1-3H3;3-8H,1-2H3. The van der Waals surface area contributed by atoms with Crippen LogP contribution in [0.5, 0.6) is 5.75 Å². The molecule has 8 nitrogen and oxygen atoms in total. The number of aryl methyl sites for hydroxylation is 3. The van der Waals surface area contributed by atoms with E-state index in [0.29, 0.717) is 11.1 Å². The second-order valence-electron chi connectivity index (χ2n) is 20.3. The molecule has 0 fully saturated rings. The van der Waals surface area contributed by atoms with Crippen LogP contribution in [0.2, 0.25) is 0 Å². The van der Waals surface area contributed by atoms with Crippen LogP contribution in [0.3, 0.4) is 0 Å². The van der Waals surface area contributed by atoms with Crippen molar-refractivity contribution in [2.24, 2.45) is 35.5 Å². The molecule has 9 heteroatoms. The molecule has 0 aliphatic rings. The molecule has 6 aromatic rings. The van der Waals surface area contributed by atoms with Gasteiger partial charge in [0.15, 0.2) is 34.7 Å². The van der Waals surface area contributed by atoms with E-state index in [2.05, 4.69) is 0 Å². The zero-order valence-corrected chi connectivity index (χ0v) is 48.0. The van der Waals surface area contributed by atoms with Crippen LogP contribution >= 0.6 is 0 Å². The summed E-state index contributed by atoms with van der Waals surface area (Å²) in [6.07, 6.45) is 0. The van der Waals surface area contributed by atoms with E-state index in [1.807, 2.05) is 219 Å². The van der Waals surface area contributed by atoms with E-state index in [9.17, 15) is 33.2 Å². The molecule has 0 bridgehead atoms. The van der Waals surface area contributed by atoms with E-state index in [1.54, 1.807) is 44.4 Å². The number of hydrogen-bond donors (Lipinski definition) is 0. The summed E-state index contributed by atoms with van der Waals surface area (Å²) in [6, 6.07) is 44.2. The Labute approximate surface area is 449 Å². The van der Waals surface area contributed by atoms with Gasteiger partial charge in [-0.2, -0.15) is 0 Å². The number of hydrogen-bond acceptors (Lipinski definition) is 8. The predicted octanol–water partition coefficient (Wildman–Crippen LogP) is 16.3. The molecule has 0 heterocycles. The summed E-state index contributed by atoms with van der Waals surface area (Å²) in [5.41, 5.74) is 8.59. The fraction of sp³-hybridized carbons (Fsp3) is 0.364. The van der Waals surface area contributed by atoms with Crippen molar-refractivity contribution in [3.8, 4) is 5.75 Å². The summed E-state index contributed by atoms with van der Waals surface area (Å²) in [6.45, 7) is 28.5. The van der Waals surface area contributed by atoms with Crippen molar-refractivity contribution in [2.75, 3.05) is 26.1 Å². The highest BCUT2D eigenvalue weighted by molar-refractivity contribution is 6.00. The van der Waals surface area contributed by atoms with Crippen molar-refractivity contribution < 1.29 is 37.9 Å². The Balaban J connectivity index is 0.000000451. The van der Waals surface area contributed by atoms with Crippen LogP contribution in [0, 0.1) is 62.1 Å². The van der Waals surface area contributed by atoms with Crippen LogP contribution in [0.25, 0.3) is 0 Å². The first-order chi connectivity index (χ1) is 35.1. The van der Waals surface area contributed by atoms with Crippen LogP contribution in [-0.4, -0.2) is 55.9 Å². The highest BCUT2D eigenvalue weighted by Crippen LogP contribution is 2.17. The highest BCUT2D eigenvalue weighted by Gasteiger charge is 2.14. The lowest BCUT2D eigenvalue weighted by molar-refractivity contribution is 0.0932. The van der Waals surface area contributed by atoms with Crippen LogP contribution in [0.15, 0.2) is 146 Å². The minimum absolute atomic E-state index is 0.0372. The van der Waals surface area contributed by atoms with Crippen LogP contribution < -0.4 is 9.64 Å². The summed E-state index contributed by atoms with van der Waals surface area (Å²) in [5, 5.41) is 0. The SMILES string of the molecule is CC(C)C(=O)c1ccc(N(C)C)cc1.CC(C)C(=O)c1ccccc1.COc1ccc(C(=O)C(C)C)cc1.Cc1cc(C(=O)C(C)C)ccc1F.Cc1ccc(C(=O)C(C)C)cc1.Cc1ccc(C(=O)C(C)C)cc1. The number of nitrogens with zero attached hydrogens (tertiary/aromatic N) is 1. The molecule has 75 heavy (non-hydrogen) atoms. The highest BCUT2D eigenvalue weighted by atomic mass is 19.1. The largest absolute Gasteiger partial charge is 0.497 e. The number of carbonyl (C=O) groups is 6. The van der Waals surface area contributed by atoms with Crippen molar-refractivity contribution >= 4 is 40.4 Å². The summed E-state index contributed by atoms with van der Waals surface area (Å²) in [4.78, 5) is 70.9. The Morgan fingerprint density at radius 1 is 0.373 bits per heavy atom. The van der Waals surface area contributed by atoms with Gasteiger partial charge in [0.25, 0.3) is 0 Å². The Hall–Kier alpha value is -7.13. The molecular weight excluding hydrogens is 938 g/mol. The normalized spacial score (nSPS) is 10.3. The third-order valence-corrected chi connectivity index (χ3v) is 11.4. The van der Waals surface area contributed by atoms with Gasteiger partial charge >= 0.3 is 0 Å². The Bertz CT molecular complexity index is 2620. The van der Waals surface area contributed by atoms with Crippen molar-refractivity contribution in [1.82, 2.24) is 0 Å². The average Bonchev–Trinajstić information content (AvgIpc) is 3.39. The summed E-state index contributed by atoms with van der Waals surface area (Å²) < 4.78 is 17.9. The fourth-order valence-corrected chi connectivity index (χ4v) is 6.52. The maximum Gasteiger partial charge on any atom is 0.165 e. The lowest BCUT2D eigenvalue weighted by Gasteiger charge is -2.12. The molecule has 0 spiro atoms. The minimum atomic E-state index is -0.264. The number of anilines is 1. The summed E-state index contributed by atoms with van der Waals surface area (Å²) >= 11 is 0. The molecule has 6 aromatic carbocycles. The molecule has 0 saturated carbocycles. The molecule has 402 valence electrons. The first-order valence-corrected chi connectivity index (χ1v) is 25.7. The second kappa shape index (κ2) is 33.6. The molecule has 0 N–H and O–H groups in total. The topological polar surface area (TPSA) is 115 Å². The van der Waals surface area contributed by atoms with E-state index in [-0.39, 0.29) is 76.0 Å². The third-order valence-electron chi connectivity index (χ3n) is 11.4. The lowest BCUT2D eigenvalue weighted by atomic mass is 10.00. The van der Waals surface area contributed by atoms with E-state index in [0.717, 1.165) is 39.3 Å². The molecule has 0 radical (unpaired) electrons. The van der Waals surface area contributed by atoms with Crippen LogP contribution in [-0.2, 0) is 0 Å². The molecule has 0 saturated heterocycles. The quantitative estimate of drug-likeness (QED) is 0.0991. The van der Waals surface area contributed by atoms with Crippen LogP contribution in [0.4, 0.5) is 10.1 Å². The molecule has 0 atom stereocenters. The first kappa shape index (κ1) is 65.9. The molecule has 6 rings (SSSR count). The average molecular weight is 1020 g/mol. The second-order valence-corrected chi connectivity index (χ2v) is 20.3. The molecule has 0 aliphatic carbocycles. The summed E-state index contributed by atoms with van der Waals surface area (Å²) in [7, 11) is 5.58.